The van der Waals surface area contributed by atoms with Crippen LogP contribution in [-0.2, 0) is 10.0 Å². The fraction of sp³-hybridized carbons (Fsp3) is 0.143. The van der Waals surface area contributed by atoms with Crippen molar-refractivity contribution in [2.24, 2.45) is 0 Å². The third-order valence-corrected chi connectivity index (χ3v) is 4.86. The van der Waals surface area contributed by atoms with Crippen LogP contribution in [0.3, 0.4) is 0 Å². The Balaban J connectivity index is 2.47. The van der Waals surface area contributed by atoms with Gasteiger partial charge in [0.05, 0.1) is 17.3 Å². The normalized spacial score (nSPS) is 11.3. The molecule has 0 aliphatic carbocycles. The van der Waals surface area contributed by atoms with E-state index >= 15 is 0 Å². The quantitative estimate of drug-likeness (QED) is 0.795. The van der Waals surface area contributed by atoms with Gasteiger partial charge in [0, 0.05) is 4.47 Å². The molecule has 22 heavy (non-hydrogen) atoms. The molecule has 0 aliphatic rings. The Bertz CT molecular complexity index is 799. The monoisotopic (exact) mass is 407 g/mol. The Hall–Kier alpha value is -1.31. The zero-order valence-corrected chi connectivity index (χ0v) is 14.6. The number of anilines is 1. The standard InChI is InChI=1S/C14H12BrClFNO3S/c1-2-21-12-7-6-9(15)8-13(12)22(19,20)18-11-5-3-4-10(16)14(11)17/h3-8,18H,2H2,1H3. The van der Waals surface area contributed by atoms with Gasteiger partial charge in [-0.25, -0.2) is 12.8 Å². The molecule has 0 aromatic heterocycles. The summed E-state index contributed by atoms with van der Waals surface area (Å²) in [6.07, 6.45) is 0. The van der Waals surface area contributed by atoms with E-state index in [-0.39, 0.29) is 21.4 Å². The van der Waals surface area contributed by atoms with E-state index in [0.29, 0.717) is 11.1 Å². The highest BCUT2D eigenvalue weighted by atomic mass is 79.9. The van der Waals surface area contributed by atoms with E-state index < -0.39 is 15.8 Å². The molecule has 0 amide bonds. The first-order chi connectivity index (χ1) is 10.3. The van der Waals surface area contributed by atoms with Crippen LogP contribution >= 0.6 is 27.5 Å². The van der Waals surface area contributed by atoms with Crippen LogP contribution in [-0.4, -0.2) is 15.0 Å². The molecule has 0 saturated heterocycles. The Morgan fingerprint density at radius 2 is 2.05 bits per heavy atom. The largest absolute Gasteiger partial charge is 0.492 e. The highest BCUT2D eigenvalue weighted by Gasteiger charge is 2.22. The van der Waals surface area contributed by atoms with Crippen LogP contribution in [0.4, 0.5) is 10.1 Å². The van der Waals surface area contributed by atoms with E-state index in [1.165, 1.54) is 30.3 Å². The number of ether oxygens (including phenoxy) is 1. The Morgan fingerprint density at radius 1 is 1.32 bits per heavy atom. The highest BCUT2D eigenvalue weighted by Crippen LogP contribution is 2.30. The van der Waals surface area contributed by atoms with Crippen molar-refractivity contribution in [3.63, 3.8) is 0 Å². The minimum absolute atomic E-state index is 0.0944. The third kappa shape index (κ3) is 3.71. The van der Waals surface area contributed by atoms with Gasteiger partial charge in [0.15, 0.2) is 5.82 Å². The molecule has 118 valence electrons. The predicted octanol–water partition coefficient (Wildman–Crippen LogP) is 4.44. The first kappa shape index (κ1) is 17.1. The number of rotatable bonds is 5. The summed E-state index contributed by atoms with van der Waals surface area (Å²) in [5.41, 5.74) is -0.227. The summed E-state index contributed by atoms with van der Waals surface area (Å²) in [4.78, 5) is -0.0944. The van der Waals surface area contributed by atoms with Gasteiger partial charge in [0.25, 0.3) is 10.0 Å². The molecular formula is C14H12BrClFNO3S. The van der Waals surface area contributed by atoms with Crippen molar-refractivity contribution in [2.45, 2.75) is 11.8 Å². The Kier molecular flexibility index (Phi) is 5.31. The van der Waals surface area contributed by atoms with E-state index in [0.717, 1.165) is 0 Å². The van der Waals surface area contributed by atoms with Crippen LogP contribution in [0.5, 0.6) is 5.75 Å². The number of sulfonamides is 1. The summed E-state index contributed by atoms with van der Waals surface area (Å²) >= 11 is 8.86. The first-order valence-corrected chi connectivity index (χ1v) is 8.89. The molecule has 8 heteroatoms. The van der Waals surface area contributed by atoms with Gasteiger partial charge in [-0.2, -0.15) is 0 Å². The minimum Gasteiger partial charge on any atom is -0.492 e. The van der Waals surface area contributed by atoms with Crippen molar-refractivity contribution in [1.82, 2.24) is 0 Å². The summed E-state index contributed by atoms with van der Waals surface area (Å²) < 4.78 is 46.9. The smallest absolute Gasteiger partial charge is 0.265 e. The van der Waals surface area contributed by atoms with E-state index in [9.17, 15) is 12.8 Å². The maximum absolute atomic E-state index is 13.9. The third-order valence-electron chi connectivity index (χ3n) is 2.69. The van der Waals surface area contributed by atoms with E-state index in [2.05, 4.69) is 20.7 Å². The average Bonchev–Trinajstić information content (AvgIpc) is 2.46. The molecule has 2 aromatic carbocycles. The van der Waals surface area contributed by atoms with Gasteiger partial charge in [0.2, 0.25) is 0 Å². The minimum atomic E-state index is -4.03. The zero-order valence-electron chi connectivity index (χ0n) is 11.4. The fourth-order valence-electron chi connectivity index (χ4n) is 1.75. The van der Waals surface area contributed by atoms with E-state index in [1.807, 2.05) is 0 Å². The van der Waals surface area contributed by atoms with Crippen molar-refractivity contribution in [3.05, 3.63) is 51.7 Å². The summed E-state index contributed by atoms with van der Waals surface area (Å²) in [5.74, 6) is -0.652. The zero-order chi connectivity index (χ0) is 16.3. The van der Waals surface area contributed by atoms with Gasteiger partial charge in [-0.1, -0.05) is 33.6 Å². The molecule has 0 saturated carbocycles. The van der Waals surface area contributed by atoms with Crippen molar-refractivity contribution in [2.75, 3.05) is 11.3 Å². The van der Waals surface area contributed by atoms with Crippen molar-refractivity contribution in [1.29, 1.82) is 0 Å². The molecule has 0 unspecified atom stereocenters. The second kappa shape index (κ2) is 6.85. The summed E-state index contributed by atoms with van der Waals surface area (Å²) in [5, 5.41) is -0.167. The predicted molar refractivity (Wildman–Crippen MR) is 87.5 cm³/mol. The molecule has 0 heterocycles. The highest BCUT2D eigenvalue weighted by molar-refractivity contribution is 9.10. The van der Waals surface area contributed by atoms with E-state index in [1.54, 1.807) is 13.0 Å². The first-order valence-electron chi connectivity index (χ1n) is 6.24. The van der Waals surface area contributed by atoms with Crippen LogP contribution in [0, 0.1) is 5.82 Å². The molecule has 4 nitrogen and oxygen atoms in total. The maximum Gasteiger partial charge on any atom is 0.265 e. The topological polar surface area (TPSA) is 55.4 Å². The number of hydrogen-bond acceptors (Lipinski definition) is 3. The molecule has 0 aliphatic heterocycles. The van der Waals surface area contributed by atoms with Gasteiger partial charge >= 0.3 is 0 Å². The lowest BCUT2D eigenvalue weighted by Gasteiger charge is -2.13. The average molecular weight is 409 g/mol. The number of benzene rings is 2. The second-order valence-electron chi connectivity index (χ2n) is 4.23. The molecule has 0 radical (unpaired) electrons. The molecule has 2 rings (SSSR count). The van der Waals surface area contributed by atoms with Crippen LogP contribution in [0.25, 0.3) is 0 Å². The molecule has 0 atom stereocenters. The van der Waals surface area contributed by atoms with Gasteiger partial charge < -0.3 is 4.74 Å². The fourth-order valence-corrected chi connectivity index (χ4v) is 3.67. The van der Waals surface area contributed by atoms with Crippen LogP contribution in [0.15, 0.2) is 45.8 Å². The molecule has 0 fully saturated rings. The van der Waals surface area contributed by atoms with Gasteiger partial charge in [0.1, 0.15) is 10.6 Å². The molecular weight excluding hydrogens is 397 g/mol. The summed E-state index contributed by atoms with van der Waals surface area (Å²) in [6.45, 7) is 2.04. The SMILES string of the molecule is CCOc1ccc(Br)cc1S(=O)(=O)Nc1cccc(Cl)c1F. The lowest BCUT2D eigenvalue weighted by Crippen LogP contribution is -2.15. The van der Waals surface area contributed by atoms with Gasteiger partial charge in [-0.3, -0.25) is 4.72 Å². The van der Waals surface area contributed by atoms with Crippen molar-refractivity contribution in [3.8, 4) is 5.75 Å². The Labute approximate surface area is 141 Å². The molecule has 0 spiro atoms. The van der Waals surface area contributed by atoms with Crippen LogP contribution in [0.1, 0.15) is 6.92 Å². The van der Waals surface area contributed by atoms with Gasteiger partial charge in [-0.15, -0.1) is 0 Å². The summed E-state index contributed by atoms with van der Waals surface area (Å²) in [6, 6.07) is 8.64. The van der Waals surface area contributed by atoms with Crippen LogP contribution in [0.2, 0.25) is 5.02 Å². The Morgan fingerprint density at radius 3 is 2.73 bits per heavy atom. The van der Waals surface area contributed by atoms with Crippen LogP contribution < -0.4 is 9.46 Å². The van der Waals surface area contributed by atoms with Gasteiger partial charge in [-0.05, 0) is 37.3 Å². The van der Waals surface area contributed by atoms with Crippen molar-refractivity contribution < 1.29 is 17.5 Å². The van der Waals surface area contributed by atoms with E-state index in [4.69, 9.17) is 16.3 Å². The molecule has 1 N–H and O–H groups in total. The lowest BCUT2D eigenvalue weighted by molar-refractivity contribution is 0.331. The molecule has 0 bridgehead atoms. The molecule has 2 aromatic rings. The second-order valence-corrected chi connectivity index (χ2v) is 7.20. The lowest BCUT2D eigenvalue weighted by atomic mass is 10.3. The number of hydrogen-bond donors (Lipinski definition) is 1. The number of halogens is 3. The maximum atomic E-state index is 13.9. The number of nitrogens with one attached hydrogen (secondary N) is 1. The van der Waals surface area contributed by atoms with Crippen molar-refractivity contribution >= 4 is 43.2 Å². The summed E-state index contributed by atoms with van der Waals surface area (Å²) in [7, 11) is -4.03.